The van der Waals surface area contributed by atoms with Crippen molar-refractivity contribution in [1.29, 1.82) is 0 Å². The van der Waals surface area contributed by atoms with E-state index < -0.39 is 5.97 Å². The molecule has 4 fully saturated rings. The first-order chi connectivity index (χ1) is 11.9. The van der Waals surface area contributed by atoms with Crippen LogP contribution in [0.5, 0.6) is 5.75 Å². The summed E-state index contributed by atoms with van der Waals surface area (Å²) in [6.07, 6.45) is 7.66. The Bertz CT molecular complexity index is 718. The molecule has 1 aromatic rings. The third kappa shape index (κ3) is 2.52. The lowest BCUT2D eigenvalue weighted by atomic mass is 9.50. The molecule has 0 saturated heterocycles. The molecule has 1 aromatic carbocycles. The number of hydrogen-bond acceptors (Lipinski definition) is 3. The predicted octanol–water partition coefficient (Wildman–Crippen LogP) is 4.81. The Morgan fingerprint density at radius 2 is 1.80 bits per heavy atom. The number of esters is 1. The van der Waals surface area contributed by atoms with Crippen LogP contribution >= 0.6 is 0 Å². The quantitative estimate of drug-likeness (QED) is 0.633. The fourth-order valence-corrected chi connectivity index (χ4v) is 5.63. The first-order valence-electron chi connectivity index (χ1n) is 9.29. The van der Waals surface area contributed by atoms with E-state index in [1.807, 2.05) is 0 Å². The first-order valence-corrected chi connectivity index (χ1v) is 9.29. The van der Waals surface area contributed by atoms with Crippen LogP contribution in [0.4, 0.5) is 0 Å². The molecule has 4 aliphatic carbocycles. The number of rotatable bonds is 4. The highest BCUT2D eigenvalue weighted by Gasteiger charge is 2.57. The van der Waals surface area contributed by atoms with E-state index in [1.165, 1.54) is 32.1 Å². The number of ether oxygens (including phenoxy) is 1. The van der Waals surface area contributed by atoms with E-state index in [4.69, 9.17) is 4.74 Å². The van der Waals surface area contributed by atoms with Gasteiger partial charge in [0, 0.05) is 11.1 Å². The topological polar surface area (TPSA) is 46.5 Å². The summed E-state index contributed by atoms with van der Waals surface area (Å²) >= 11 is 0. The Morgan fingerprint density at radius 1 is 1.20 bits per heavy atom. The second kappa shape index (κ2) is 5.76. The Hall–Kier alpha value is -2.03. The van der Waals surface area contributed by atoms with Gasteiger partial charge in [-0.3, -0.25) is 0 Å². The number of para-hydroxylation sites is 1. The highest BCUT2D eigenvalue weighted by atomic mass is 16.6. The molecule has 1 N–H and O–H groups in total. The zero-order chi connectivity index (χ0) is 17.8. The molecule has 4 saturated carbocycles. The molecular weight excluding hydrogens is 312 g/mol. The van der Waals surface area contributed by atoms with E-state index in [0.717, 1.165) is 11.8 Å². The van der Waals surface area contributed by atoms with Gasteiger partial charge in [0.25, 0.3) is 0 Å². The van der Waals surface area contributed by atoms with E-state index in [-0.39, 0.29) is 16.9 Å². The summed E-state index contributed by atoms with van der Waals surface area (Å²) in [5, 5.41) is 10.3. The normalized spacial score (nSPS) is 35.4. The third-order valence-corrected chi connectivity index (χ3v) is 6.93. The van der Waals surface area contributed by atoms with Crippen molar-refractivity contribution in [3.05, 3.63) is 42.5 Å². The van der Waals surface area contributed by atoms with E-state index >= 15 is 0 Å². The Labute approximate surface area is 149 Å². The number of phenolic OH excluding ortho intramolecular Hbond substituents is 1. The number of carbonyl (C=O) groups is 1. The zero-order valence-electron chi connectivity index (χ0n) is 14.8. The molecule has 0 atom stereocenters. The maximum absolute atomic E-state index is 12.8. The Morgan fingerprint density at radius 3 is 2.36 bits per heavy atom. The molecule has 0 heterocycles. The number of carbonyl (C=O) groups excluding carboxylic acids is 1. The summed E-state index contributed by atoms with van der Waals surface area (Å²) in [6.45, 7) is 9.71. The lowest BCUT2D eigenvalue weighted by Crippen LogP contribution is -2.58. The number of benzene rings is 1. The molecule has 3 nitrogen and oxygen atoms in total. The minimum absolute atomic E-state index is 0.0367. The zero-order valence-corrected chi connectivity index (χ0v) is 14.8. The van der Waals surface area contributed by atoms with E-state index in [9.17, 15) is 9.90 Å². The van der Waals surface area contributed by atoms with E-state index in [0.29, 0.717) is 23.0 Å². The summed E-state index contributed by atoms with van der Waals surface area (Å²) in [7, 11) is 0. The average molecular weight is 338 g/mol. The summed E-state index contributed by atoms with van der Waals surface area (Å²) in [4.78, 5) is 12.8. The molecule has 4 aliphatic rings. The minimum Gasteiger partial charge on any atom is -0.507 e. The van der Waals surface area contributed by atoms with Crippen molar-refractivity contribution >= 4 is 17.6 Å². The molecular formula is C22H26O3. The fraction of sp³-hybridized carbons (Fsp3) is 0.500. The highest BCUT2D eigenvalue weighted by molar-refractivity contribution is 6.16. The van der Waals surface area contributed by atoms with Gasteiger partial charge in [-0.15, -0.1) is 0 Å². The second-order valence-electron chi connectivity index (χ2n) is 8.30. The molecule has 0 aliphatic heterocycles. The predicted molar refractivity (Wildman–Crippen MR) is 98.8 cm³/mol. The lowest BCUT2D eigenvalue weighted by Gasteiger charge is -2.59. The number of phenols is 1. The van der Waals surface area contributed by atoms with Gasteiger partial charge < -0.3 is 9.84 Å². The summed E-state index contributed by atoms with van der Waals surface area (Å²) < 4.78 is 6.08. The molecule has 0 aromatic heterocycles. The SMILES string of the molecule is C=Cc1cccc(C(=C)C(=O)OC2(C)C3CC4CC(C3)CC2C4)c1O. The van der Waals surface area contributed by atoms with Crippen LogP contribution in [0, 0.1) is 23.7 Å². The third-order valence-electron chi connectivity index (χ3n) is 6.93. The van der Waals surface area contributed by atoms with Gasteiger partial charge >= 0.3 is 5.97 Å². The molecule has 5 rings (SSSR count). The van der Waals surface area contributed by atoms with Crippen LogP contribution in [-0.4, -0.2) is 16.7 Å². The van der Waals surface area contributed by atoms with Gasteiger partial charge in [0.1, 0.15) is 11.4 Å². The number of aromatic hydroxyl groups is 1. The maximum Gasteiger partial charge on any atom is 0.338 e. The summed E-state index contributed by atoms with van der Waals surface area (Å²) in [5.74, 6) is 2.21. The van der Waals surface area contributed by atoms with Crippen LogP contribution in [-0.2, 0) is 9.53 Å². The molecule has 0 amide bonds. The summed E-state index contributed by atoms with van der Waals surface area (Å²) in [6, 6.07) is 5.24. The molecule has 0 spiro atoms. The van der Waals surface area contributed by atoms with Crippen LogP contribution in [0.15, 0.2) is 31.4 Å². The van der Waals surface area contributed by atoms with Crippen molar-refractivity contribution in [3.63, 3.8) is 0 Å². The maximum atomic E-state index is 12.8. The molecule has 0 radical (unpaired) electrons. The Kier molecular flexibility index (Phi) is 3.78. The van der Waals surface area contributed by atoms with Crippen LogP contribution in [0.2, 0.25) is 0 Å². The first kappa shape index (κ1) is 16.4. The lowest BCUT2D eigenvalue weighted by molar-refractivity contribution is -0.197. The summed E-state index contributed by atoms with van der Waals surface area (Å²) in [5.41, 5.74) is 0.845. The molecule has 3 heteroatoms. The van der Waals surface area contributed by atoms with Crippen molar-refractivity contribution in [2.75, 3.05) is 0 Å². The Balaban J connectivity index is 1.56. The van der Waals surface area contributed by atoms with Crippen LogP contribution in [0.25, 0.3) is 11.6 Å². The van der Waals surface area contributed by atoms with Gasteiger partial charge in [-0.1, -0.05) is 37.4 Å². The van der Waals surface area contributed by atoms with E-state index in [2.05, 4.69) is 20.1 Å². The van der Waals surface area contributed by atoms with Crippen molar-refractivity contribution in [2.24, 2.45) is 23.7 Å². The van der Waals surface area contributed by atoms with Gasteiger partial charge in [0.2, 0.25) is 0 Å². The van der Waals surface area contributed by atoms with Gasteiger partial charge in [-0.05, 0) is 62.7 Å². The molecule has 0 unspecified atom stereocenters. The van der Waals surface area contributed by atoms with Crippen molar-refractivity contribution in [2.45, 2.75) is 44.6 Å². The molecule has 4 bridgehead atoms. The highest BCUT2D eigenvalue weighted by Crippen LogP contribution is 2.59. The second-order valence-corrected chi connectivity index (χ2v) is 8.30. The smallest absolute Gasteiger partial charge is 0.338 e. The monoisotopic (exact) mass is 338 g/mol. The van der Waals surface area contributed by atoms with Crippen LogP contribution in [0.3, 0.4) is 0 Å². The molecule has 132 valence electrons. The van der Waals surface area contributed by atoms with Crippen molar-refractivity contribution < 1.29 is 14.6 Å². The molecule has 25 heavy (non-hydrogen) atoms. The van der Waals surface area contributed by atoms with Crippen LogP contribution < -0.4 is 0 Å². The van der Waals surface area contributed by atoms with E-state index in [1.54, 1.807) is 24.3 Å². The van der Waals surface area contributed by atoms with Gasteiger partial charge in [0.05, 0.1) is 5.57 Å². The standard InChI is InChI=1S/C22H26O3/c1-4-16-6-5-7-19(20(16)23)13(2)21(24)25-22(3)17-9-14-8-15(11-17)12-18(22)10-14/h4-7,14-15,17-18,23H,1-2,8-12H2,3H3. The van der Waals surface area contributed by atoms with Gasteiger partial charge in [0.15, 0.2) is 0 Å². The van der Waals surface area contributed by atoms with Gasteiger partial charge in [-0.25, -0.2) is 4.79 Å². The van der Waals surface area contributed by atoms with Crippen molar-refractivity contribution in [1.82, 2.24) is 0 Å². The van der Waals surface area contributed by atoms with Crippen LogP contribution in [0.1, 0.15) is 50.2 Å². The fourth-order valence-electron chi connectivity index (χ4n) is 5.63. The van der Waals surface area contributed by atoms with Gasteiger partial charge in [-0.2, -0.15) is 0 Å². The average Bonchev–Trinajstić information content (AvgIpc) is 2.59. The minimum atomic E-state index is -0.411. The van der Waals surface area contributed by atoms with Crippen molar-refractivity contribution in [3.8, 4) is 5.75 Å². The largest absolute Gasteiger partial charge is 0.507 e. The number of hydrogen-bond donors (Lipinski definition) is 1.